The van der Waals surface area contributed by atoms with Crippen molar-refractivity contribution >= 4 is 22.7 Å². The van der Waals surface area contributed by atoms with E-state index in [2.05, 4.69) is 10.3 Å². The first-order valence-electron chi connectivity index (χ1n) is 8.65. The van der Waals surface area contributed by atoms with Crippen LogP contribution in [0.25, 0.3) is 10.9 Å². The number of amides is 2. The summed E-state index contributed by atoms with van der Waals surface area (Å²) in [5.41, 5.74) is 2.10. The zero-order valence-corrected chi connectivity index (χ0v) is 14.3. The van der Waals surface area contributed by atoms with Gasteiger partial charge in [0.15, 0.2) is 0 Å². The molecule has 2 aromatic rings. The Hall–Kier alpha value is -2.30. The monoisotopic (exact) mass is 327 g/mol. The fourth-order valence-corrected chi connectivity index (χ4v) is 3.68. The number of nitrogens with one attached hydrogen (secondary N) is 2. The summed E-state index contributed by atoms with van der Waals surface area (Å²) in [6.45, 7) is 1.46. The lowest BCUT2D eigenvalue weighted by Crippen LogP contribution is -2.50. The summed E-state index contributed by atoms with van der Waals surface area (Å²) < 4.78 is 0. The molecule has 2 N–H and O–H groups in total. The number of nitrogens with zero attached hydrogens (tertiary/aromatic N) is 1. The molecule has 1 aliphatic carbocycles. The second kappa shape index (κ2) is 7.07. The molecule has 24 heavy (non-hydrogen) atoms. The number of aromatic amines is 1. The molecule has 1 atom stereocenters. The van der Waals surface area contributed by atoms with Gasteiger partial charge in [-0.2, -0.15) is 0 Å². The maximum Gasteiger partial charge on any atom is 0.245 e. The summed E-state index contributed by atoms with van der Waals surface area (Å²) >= 11 is 0. The van der Waals surface area contributed by atoms with Crippen molar-refractivity contribution in [2.24, 2.45) is 0 Å². The molecule has 0 spiro atoms. The van der Waals surface area contributed by atoms with Gasteiger partial charge in [0.1, 0.15) is 6.04 Å². The zero-order valence-electron chi connectivity index (χ0n) is 14.3. The molecule has 2 amide bonds. The van der Waals surface area contributed by atoms with Gasteiger partial charge in [-0.05, 0) is 24.5 Å². The van der Waals surface area contributed by atoms with Crippen LogP contribution in [0.3, 0.4) is 0 Å². The smallest absolute Gasteiger partial charge is 0.245 e. The summed E-state index contributed by atoms with van der Waals surface area (Å²) in [6, 6.07) is 7.80. The predicted octanol–water partition coefficient (Wildman–Crippen LogP) is 2.62. The number of carbonyl (C=O) groups is 2. The van der Waals surface area contributed by atoms with Gasteiger partial charge in [0.2, 0.25) is 11.8 Å². The average molecular weight is 327 g/mol. The number of para-hydroxylation sites is 1. The molecule has 5 nitrogen and oxygen atoms in total. The molecule has 0 saturated heterocycles. The van der Waals surface area contributed by atoms with Crippen molar-refractivity contribution in [2.45, 2.75) is 51.1 Å². The van der Waals surface area contributed by atoms with Gasteiger partial charge in [0.05, 0.1) is 0 Å². The van der Waals surface area contributed by atoms with Gasteiger partial charge in [-0.15, -0.1) is 0 Å². The highest BCUT2D eigenvalue weighted by Crippen LogP contribution is 2.24. The van der Waals surface area contributed by atoms with Crippen molar-refractivity contribution in [2.75, 3.05) is 7.05 Å². The Labute approximate surface area is 142 Å². The molecule has 0 radical (unpaired) electrons. The number of fused-ring (bicyclic) bond motifs is 1. The molecule has 5 heteroatoms. The van der Waals surface area contributed by atoms with E-state index in [0.29, 0.717) is 12.5 Å². The minimum atomic E-state index is -0.521. The number of aromatic nitrogens is 1. The summed E-state index contributed by atoms with van der Waals surface area (Å²) in [5, 5.41) is 3.94. The quantitative estimate of drug-likeness (QED) is 0.886. The number of hydrogen-bond donors (Lipinski definition) is 2. The minimum absolute atomic E-state index is 0.00220. The molecule has 0 aliphatic heterocycles. The summed E-state index contributed by atoms with van der Waals surface area (Å²) in [5.74, 6) is -0.171. The van der Waals surface area contributed by atoms with Crippen molar-refractivity contribution in [1.82, 2.24) is 15.2 Å². The topological polar surface area (TPSA) is 65.2 Å². The Morgan fingerprint density at radius 3 is 2.71 bits per heavy atom. The Bertz CT molecular complexity index is 731. The van der Waals surface area contributed by atoms with E-state index in [9.17, 15) is 9.59 Å². The van der Waals surface area contributed by atoms with Gasteiger partial charge in [0.25, 0.3) is 0 Å². The van der Waals surface area contributed by atoms with E-state index in [-0.39, 0.29) is 11.8 Å². The summed E-state index contributed by atoms with van der Waals surface area (Å²) in [6.07, 6.45) is 6.90. The normalized spacial score (nSPS) is 16.2. The Morgan fingerprint density at radius 1 is 1.29 bits per heavy atom. The number of benzene rings is 1. The van der Waals surface area contributed by atoms with Gasteiger partial charge in [-0.3, -0.25) is 9.59 Å². The van der Waals surface area contributed by atoms with Crippen molar-refractivity contribution in [3.05, 3.63) is 36.0 Å². The number of carbonyl (C=O) groups excluding carboxylic acids is 2. The third kappa shape index (κ3) is 3.45. The number of hydrogen-bond acceptors (Lipinski definition) is 2. The highest BCUT2D eigenvalue weighted by molar-refractivity contribution is 5.89. The molecule has 1 aromatic carbocycles. The van der Waals surface area contributed by atoms with E-state index in [0.717, 1.165) is 29.3 Å². The predicted molar refractivity (Wildman–Crippen MR) is 94.6 cm³/mol. The van der Waals surface area contributed by atoms with Crippen LogP contribution in [0, 0.1) is 0 Å². The molecule has 1 fully saturated rings. The maximum absolute atomic E-state index is 12.9. The molecule has 3 rings (SSSR count). The number of likely N-dealkylation sites (N-methyl/N-ethyl adjacent to an activating group) is 1. The van der Waals surface area contributed by atoms with Crippen LogP contribution in [0.15, 0.2) is 30.5 Å². The second-order valence-electron chi connectivity index (χ2n) is 6.70. The Kier molecular flexibility index (Phi) is 4.88. The lowest BCUT2D eigenvalue weighted by atomic mass is 10.0. The van der Waals surface area contributed by atoms with Crippen molar-refractivity contribution in [3.63, 3.8) is 0 Å². The van der Waals surface area contributed by atoms with Crippen LogP contribution in [0.5, 0.6) is 0 Å². The van der Waals surface area contributed by atoms with E-state index >= 15 is 0 Å². The van der Waals surface area contributed by atoms with Crippen LogP contribution in [-0.2, 0) is 16.0 Å². The third-order valence-electron chi connectivity index (χ3n) is 4.99. The minimum Gasteiger partial charge on any atom is -0.361 e. The standard InChI is InChI=1S/C19H25N3O2/c1-13(23)21-18(19(24)22(2)15-7-3-4-8-15)11-14-12-20-17-10-6-5-9-16(14)17/h5-6,9-10,12,15,18,20H,3-4,7-8,11H2,1-2H3,(H,21,23). The molecular weight excluding hydrogens is 302 g/mol. The van der Waals surface area contributed by atoms with Crippen LogP contribution in [0.2, 0.25) is 0 Å². The molecule has 0 bridgehead atoms. The Morgan fingerprint density at radius 2 is 2.00 bits per heavy atom. The van der Waals surface area contributed by atoms with Crippen molar-refractivity contribution < 1.29 is 9.59 Å². The zero-order chi connectivity index (χ0) is 17.1. The molecular formula is C19H25N3O2. The van der Waals surface area contributed by atoms with E-state index in [1.807, 2.05) is 42.4 Å². The largest absolute Gasteiger partial charge is 0.361 e. The van der Waals surface area contributed by atoms with Crippen molar-refractivity contribution in [1.29, 1.82) is 0 Å². The van der Waals surface area contributed by atoms with Crippen LogP contribution in [-0.4, -0.2) is 40.8 Å². The summed E-state index contributed by atoms with van der Waals surface area (Å²) in [4.78, 5) is 29.6. The van der Waals surface area contributed by atoms with Crippen LogP contribution >= 0.6 is 0 Å². The van der Waals surface area contributed by atoms with Gasteiger partial charge in [-0.1, -0.05) is 31.0 Å². The van der Waals surface area contributed by atoms with Crippen LogP contribution in [0.4, 0.5) is 0 Å². The van der Waals surface area contributed by atoms with Crippen LogP contribution < -0.4 is 5.32 Å². The van der Waals surface area contributed by atoms with Gasteiger partial charge in [0, 0.05) is 43.5 Å². The number of H-pyrrole nitrogens is 1. The van der Waals surface area contributed by atoms with E-state index in [1.54, 1.807) is 0 Å². The maximum atomic E-state index is 12.9. The molecule has 1 heterocycles. The molecule has 128 valence electrons. The first kappa shape index (κ1) is 16.6. The van der Waals surface area contributed by atoms with E-state index in [1.165, 1.54) is 19.8 Å². The van der Waals surface area contributed by atoms with Crippen molar-refractivity contribution in [3.8, 4) is 0 Å². The van der Waals surface area contributed by atoms with Crippen LogP contribution in [0.1, 0.15) is 38.2 Å². The molecule has 1 aromatic heterocycles. The highest BCUT2D eigenvalue weighted by Gasteiger charge is 2.29. The third-order valence-corrected chi connectivity index (χ3v) is 4.99. The summed E-state index contributed by atoms with van der Waals surface area (Å²) in [7, 11) is 1.86. The molecule has 1 saturated carbocycles. The molecule has 1 aliphatic rings. The number of rotatable bonds is 5. The van der Waals surface area contributed by atoms with E-state index in [4.69, 9.17) is 0 Å². The van der Waals surface area contributed by atoms with Gasteiger partial charge in [-0.25, -0.2) is 0 Å². The van der Waals surface area contributed by atoms with Gasteiger partial charge < -0.3 is 15.2 Å². The average Bonchev–Trinajstić information content (AvgIpc) is 3.23. The highest BCUT2D eigenvalue weighted by atomic mass is 16.2. The fraction of sp³-hybridized carbons (Fsp3) is 0.474. The Balaban J connectivity index is 1.80. The van der Waals surface area contributed by atoms with E-state index < -0.39 is 6.04 Å². The second-order valence-corrected chi connectivity index (χ2v) is 6.70. The lowest BCUT2D eigenvalue weighted by molar-refractivity contribution is -0.136. The van der Waals surface area contributed by atoms with Gasteiger partial charge >= 0.3 is 0 Å². The SMILES string of the molecule is CC(=O)NC(Cc1c[nH]c2ccccc12)C(=O)N(C)C1CCCC1. The fourth-order valence-electron chi connectivity index (χ4n) is 3.68. The first-order valence-corrected chi connectivity index (χ1v) is 8.65. The lowest BCUT2D eigenvalue weighted by Gasteiger charge is -2.29. The first-order chi connectivity index (χ1) is 11.6. The molecule has 1 unspecified atom stereocenters.